The second-order valence-corrected chi connectivity index (χ2v) is 6.68. The van der Waals surface area contributed by atoms with Gasteiger partial charge in [-0.05, 0) is 25.2 Å². The maximum Gasteiger partial charge on any atom is 0.317 e. The molecule has 0 aliphatic carbocycles. The Morgan fingerprint density at radius 1 is 1.33 bits per heavy atom. The lowest BCUT2D eigenvalue weighted by molar-refractivity contribution is -0.0216. The van der Waals surface area contributed by atoms with Crippen LogP contribution < -0.4 is 5.32 Å². The predicted octanol–water partition coefficient (Wildman–Crippen LogP) is 0.526. The van der Waals surface area contributed by atoms with Crippen LogP contribution in [0.25, 0.3) is 0 Å². The number of rotatable bonds is 3. The summed E-state index contributed by atoms with van der Waals surface area (Å²) in [5.41, 5.74) is 0. The monoisotopic (exact) mass is 297 g/mol. The van der Waals surface area contributed by atoms with Gasteiger partial charge in [-0.3, -0.25) is 4.90 Å². The van der Waals surface area contributed by atoms with Crippen LogP contribution >= 0.6 is 0 Å². The van der Waals surface area contributed by atoms with Crippen molar-refractivity contribution in [1.29, 1.82) is 0 Å². The molecule has 3 saturated heterocycles. The Kier molecular flexibility index (Phi) is 4.66. The second-order valence-electron chi connectivity index (χ2n) is 6.68. The minimum absolute atomic E-state index is 0.0287. The maximum atomic E-state index is 11.9. The second kappa shape index (κ2) is 6.50. The summed E-state index contributed by atoms with van der Waals surface area (Å²) in [5, 5.41) is 3.12. The molecule has 1 N–H and O–H groups in total. The molecule has 120 valence electrons. The molecule has 3 aliphatic heterocycles. The molecule has 3 heterocycles. The molecule has 0 spiro atoms. The number of nitrogens with one attached hydrogen (secondary N) is 1. The summed E-state index contributed by atoms with van der Waals surface area (Å²) in [4.78, 5) is 16.1. The molecule has 1 unspecified atom stereocenters. The van der Waals surface area contributed by atoms with Crippen LogP contribution in [0.2, 0.25) is 0 Å². The zero-order valence-electron chi connectivity index (χ0n) is 13.1. The summed E-state index contributed by atoms with van der Waals surface area (Å²) in [5.74, 6) is 0.635. The van der Waals surface area contributed by atoms with Gasteiger partial charge >= 0.3 is 6.03 Å². The van der Waals surface area contributed by atoms with Gasteiger partial charge in [-0.15, -0.1) is 0 Å². The number of ether oxygens (including phenoxy) is 2. The van der Waals surface area contributed by atoms with Gasteiger partial charge in [-0.2, -0.15) is 0 Å². The summed E-state index contributed by atoms with van der Waals surface area (Å²) in [6, 6.07) is 0.526. The number of amides is 2. The first kappa shape index (κ1) is 15.1. The number of hydrogen-bond acceptors (Lipinski definition) is 4. The van der Waals surface area contributed by atoms with Crippen LogP contribution in [0.5, 0.6) is 0 Å². The molecule has 21 heavy (non-hydrogen) atoms. The fraction of sp³-hybridized carbons (Fsp3) is 0.933. The molecule has 4 atom stereocenters. The smallest absolute Gasteiger partial charge is 0.317 e. The fourth-order valence-corrected chi connectivity index (χ4v) is 3.74. The third-order valence-corrected chi connectivity index (χ3v) is 4.86. The van der Waals surface area contributed by atoms with E-state index in [1.54, 1.807) is 19.0 Å². The summed E-state index contributed by atoms with van der Waals surface area (Å²) >= 11 is 0. The Balaban J connectivity index is 1.63. The summed E-state index contributed by atoms with van der Waals surface area (Å²) in [7, 11) is 3.55. The third-order valence-electron chi connectivity index (χ3n) is 4.86. The Morgan fingerprint density at radius 3 is 2.90 bits per heavy atom. The first-order chi connectivity index (χ1) is 10.1. The number of hydrogen-bond donors (Lipinski definition) is 1. The van der Waals surface area contributed by atoms with Crippen molar-refractivity contribution in [2.45, 2.75) is 37.5 Å². The van der Waals surface area contributed by atoms with E-state index in [1.807, 2.05) is 0 Å². The molecule has 3 fully saturated rings. The van der Waals surface area contributed by atoms with Crippen LogP contribution in [0.4, 0.5) is 4.79 Å². The van der Waals surface area contributed by atoms with Crippen LogP contribution in [0.15, 0.2) is 0 Å². The molecule has 0 aromatic rings. The van der Waals surface area contributed by atoms with Gasteiger partial charge in [-0.1, -0.05) is 0 Å². The molecule has 6 heteroatoms. The molecule has 3 aliphatic rings. The zero-order valence-corrected chi connectivity index (χ0v) is 13.1. The molecule has 0 aromatic heterocycles. The summed E-state index contributed by atoms with van der Waals surface area (Å²) in [6.45, 7) is 4.55. The Bertz CT molecular complexity index is 371. The third kappa shape index (κ3) is 3.33. The van der Waals surface area contributed by atoms with Crippen molar-refractivity contribution in [3.8, 4) is 0 Å². The fourth-order valence-electron chi connectivity index (χ4n) is 3.74. The molecular formula is C15H27N3O3. The average Bonchev–Trinajstić information content (AvgIpc) is 3.09. The van der Waals surface area contributed by atoms with Gasteiger partial charge in [0.2, 0.25) is 0 Å². The molecule has 0 aromatic carbocycles. The normalized spacial score (nSPS) is 36.5. The SMILES string of the molecule is CN(C)C(=O)N[C@@H]1CN(CC2CCOC2)[C@@H]2CCCO[C@@H]21. The number of urea groups is 1. The van der Waals surface area contributed by atoms with E-state index in [0.717, 1.165) is 45.8 Å². The van der Waals surface area contributed by atoms with E-state index in [4.69, 9.17) is 9.47 Å². The van der Waals surface area contributed by atoms with Gasteiger partial charge in [0, 0.05) is 46.4 Å². The number of carbonyl (C=O) groups is 1. The van der Waals surface area contributed by atoms with Crippen molar-refractivity contribution in [2.24, 2.45) is 5.92 Å². The van der Waals surface area contributed by atoms with E-state index in [0.29, 0.717) is 12.0 Å². The molecule has 0 bridgehead atoms. The lowest BCUT2D eigenvalue weighted by Crippen LogP contribution is -2.50. The summed E-state index contributed by atoms with van der Waals surface area (Å²) < 4.78 is 11.5. The minimum Gasteiger partial charge on any atom is -0.381 e. The first-order valence-electron chi connectivity index (χ1n) is 8.06. The van der Waals surface area contributed by atoms with Crippen molar-refractivity contribution < 1.29 is 14.3 Å². The zero-order chi connectivity index (χ0) is 14.8. The first-order valence-corrected chi connectivity index (χ1v) is 8.06. The van der Waals surface area contributed by atoms with E-state index in [9.17, 15) is 4.79 Å². The van der Waals surface area contributed by atoms with Crippen molar-refractivity contribution in [3.05, 3.63) is 0 Å². The Morgan fingerprint density at radius 2 is 2.19 bits per heavy atom. The average molecular weight is 297 g/mol. The highest BCUT2D eigenvalue weighted by Crippen LogP contribution is 2.30. The lowest BCUT2D eigenvalue weighted by Gasteiger charge is -2.33. The van der Waals surface area contributed by atoms with Crippen LogP contribution in [-0.2, 0) is 9.47 Å². The van der Waals surface area contributed by atoms with Crippen LogP contribution in [0.1, 0.15) is 19.3 Å². The van der Waals surface area contributed by atoms with Crippen LogP contribution in [-0.4, -0.2) is 81.0 Å². The van der Waals surface area contributed by atoms with E-state index < -0.39 is 0 Å². The summed E-state index contributed by atoms with van der Waals surface area (Å²) in [6.07, 6.45) is 3.59. The molecule has 2 amide bonds. The van der Waals surface area contributed by atoms with Gasteiger partial charge in [0.1, 0.15) is 0 Å². The quantitative estimate of drug-likeness (QED) is 0.825. The standard InChI is InChI=1S/C15H27N3O3/c1-17(2)15(19)16-12-9-18(8-11-5-7-20-10-11)13-4-3-6-21-14(12)13/h11-14H,3-10H2,1-2H3,(H,16,19)/t11?,12-,13-,14-/m1/s1. The lowest BCUT2D eigenvalue weighted by atomic mass is 10.00. The van der Waals surface area contributed by atoms with Gasteiger partial charge < -0.3 is 19.7 Å². The molecular weight excluding hydrogens is 270 g/mol. The molecule has 3 rings (SSSR count). The van der Waals surface area contributed by atoms with E-state index >= 15 is 0 Å². The number of carbonyl (C=O) groups excluding carboxylic acids is 1. The minimum atomic E-state index is -0.0287. The number of nitrogens with zero attached hydrogens (tertiary/aromatic N) is 2. The number of fused-ring (bicyclic) bond motifs is 1. The molecule has 0 radical (unpaired) electrons. The van der Waals surface area contributed by atoms with Crippen molar-refractivity contribution in [3.63, 3.8) is 0 Å². The maximum absolute atomic E-state index is 11.9. The Hall–Kier alpha value is -0.850. The highest BCUT2D eigenvalue weighted by atomic mass is 16.5. The van der Waals surface area contributed by atoms with Crippen LogP contribution in [0.3, 0.4) is 0 Å². The van der Waals surface area contributed by atoms with E-state index in [-0.39, 0.29) is 18.2 Å². The highest BCUT2D eigenvalue weighted by Gasteiger charge is 2.45. The van der Waals surface area contributed by atoms with Crippen molar-refractivity contribution in [1.82, 2.24) is 15.1 Å². The van der Waals surface area contributed by atoms with E-state index in [2.05, 4.69) is 10.2 Å². The molecule has 0 saturated carbocycles. The Labute approximate surface area is 126 Å². The van der Waals surface area contributed by atoms with Crippen LogP contribution in [0, 0.1) is 5.92 Å². The van der Waals surface area contributed by atoms with Gasteiger partial charge in [0.05, 0.1) is 18.8 Å². The topological polar surface area (TPSA) is 54.0 Å². The van der Waals surface area contributed by atoms with Gasteiger partial charge in [0.15, 0.2) is 0 Å². The van der Waals surface area contributed by atoms with E-state index in [1.165, 1.54) is 6.42 Å². The van der Waals surface area contributed by atoms with Crippen molar-refractivity contribution >= 4 is 6.03 Å². The molecule has 6 nitrogen and oxygen atoms in total. The number of likely N-dealkylation sites (tertiary alicyclic amines) is 1. The predicted molar refractivity (Wildman–Crippen MR) is 79.3 cm³/mol. The van der Waals surface area contributed by atoms with Crippen molar-refractivity contribution in [2.75, 3.05) is 47.0 Å². The van der Waals surface area contributed by atoms with Gasteiger partial charge in [0.25, 0.3) is 0 Å². The van der Waals surface area contributed by atoms with Gasteiger partial charge in [-0.25, -0.2) is 4.79 Å². The largest absolute Gasteiger partial charge is 0.381 e. The highest BCUT2D eigenvalue weighted by molar-refractivity contribution is 5.74.